The molecule has 2 aromatic rings. The molecule has 0 bridgehead atoms. The van der Waals surface area contributed by atoms with Crippen LogP contribution in [0.4, 0.5) is 0 Å². The number of hydrogen-bond acceptors (Lipinski definition) is 6. The Balaban J connectivity index is 1.70. The highest BCUT2D eigenvalue weighted by atomic mass is 16.5. The number of aliphatic hydroxyl groups excluding tert-OH is 2. The maximum atomic E-state index is 13.5. The minimum Gasteiger partial charge on any atom is -0.497 e. The lowest BCUT2D eigenvalue weighted by atomic mass is 9.77. The second-order valence-corrected chi connectivity index (χ2v) is 9.97. The van der Waals surface area contributed by atoms with Crippen LogP contribution in [0, 0.1) is 5.92 Å². The topological polar surface area (TPSA) is 108 Å². The number of amides is 2. The van der Waals surface area contributed by atoms with Crippen molar-refractivity contribution in [1.82, 2.24) is 10.2 Å². The number of hydrogen-bond donors (Lipinski definition) is 3. The maximum Gasteiger partial charge on any atom is 0.247 e. The first-order valence-electron chi connectivity index (χ1n) is 12.8. The third-order valence-electron chi connectivity index (χ3n) is 6.92. The molecule has 1 heterocycles. The number of fused-ring (bicyclic) bond motifs is 3. The van der Waals surface area contributed by atoms with E-state index in [0.717, 1.165) is 16.9 Å². The smallest absolute Gasteiger partial charge is 0.247 e. The Morgan fingerprint density at radius 2 is 1.95 bits per heavy atom. The van der Waals surface area contributed by atoms with E-state index >= 15 is 0 Å². The molecular weight excluding hydrogens is 472 g/mol. The van der Waals surface area contributed by atoms with E-state index in [1.54, 1.807) is 18.1 Å². The van der Waals surface area contributed by atoms with Gasteiger partial charge in [-0.05, 0) is 42.2 Å². The number of methoxy groups -OCH3 is 1. The van der Waals surface area contributed by atoms with E-state index < -0.39 is 24.2 Å². The number of nitrogens with one attached hydrogen (secondary N) is 1. The Kier molecular flexibility index (Phi) is 8.51. The molecule has 0 unspecified atom stereocenters. The Bertz CT molecular complexity index is 1150. The summed E-state index contributed by atoms with van der Waals surface area (Å²) in [5, 5.41) is 23.6. The van der Waals surface area contributed by atoms with Crippen molar-refractivity contribution < 1.29 is 29.3 Å². The maximum absolute atomic E-state index is 13.5. The number of carbonyl (C=O) groups is 2. The summed E-state index contributed by atoms with van der Waals surface area (Å²) in [6, 6.07) is 14.4. The average molecular weight is 509 g/mol. The van der Waals surface area contributed by atoms with E-state index in [2.05, 4.69) is 5.32 Å². The molecule has 37 heavy (non-hydrogen) atoms. The van der Waals surface area contributed by atoms with Crippen LogP contribution >= 0.6 is 0 Å². The van der Waals surface area contributed by atoms with Gasteiger partial charge >= 0.3 is 0 Å². The monoisotopic (exact) mass is 508 g/mol. The molecule has 0 radical (unpaired) electrons. The number of rotatable bonds is 10. The molecule has 2 aliphatic rings. The Labute approximate surface area is 217 Å². The minimum atomic E-state index is -1.03. The lowest BCUT2D eigenvalue weighted by Crippen LogP contribution is -2.56. The van der Waals surface area contributed by atoms with Gasteiger partial charge in [0, 0.05) is 30.6 Å². The fraction of sp³-hybridized carbons (Fsp3) is 0.448. The van der Waals surface area contributed by atoms with Crippen molar-refractivity contribution in [3.8, 4) is 11.5 Å². The molecule has 0 spiro atoms. The highest BCUT2D eigenvalue weighted by Crippen LogP contribution is 2.47. The average Bonchev–Trinajstić information content (AvgIpc) is 3.28. The fourth-order valence-electron chi connectivity index (χ4n) is 5.18. The summed E-state index contributed by atoms with van der Waals surface area (Å²) in [5.74, 6) is 0.574. The first-order valence-corrected chi connectivity index (χ1v) is 12.8. The van der Waals surface area contributed by atoms with Crippen molar-refractivity contribution in [2.45, 2.75) is 50.9 Å². The number of carbonyl (C=O) groups excluding carboxylic acids is 2. The molecule has 0 aromatic heterocycles. The summed E-state index contributed by atoms with van der Waals surface area (Å²) in [4.78, 5) is 28.4. The molecule has 4 rings (SSSR count). The van der Waals surface area contributed by atoms with Crippen molar-refractivity contribution in [2.75, 3.05) is 26.8 Å². The molecule has 8 nitrogen and oxygen atoms in total. The normalized spacial score (nSPS) is 21.9. The molecule has 3 N–H and O–H groups in total. The second kappa shape index (κ2) is 11.8. The van der Waals surface area contributed by atoms with E-state index in [9.17, 15) is 19.8 Å². The summed E-state index contributed by atoms with van der Waals surface area (Å²) in [6.45, 7) is 4.23. The van der Waals surface area contributed by atoms with Gasteiger partial charge in [0.05, 0.1) is 25.7 Å². The van der Waals surface area contributed by atoms with Crippen LogP contribution in [0.15, 0.2) is 60.2 Å². The van der Waals surface area contributed by atoms with Crippen LogP contribution in [0.25, 0.3) is 0 Å². The summed E-state index contributed by atoms with van der Waals surface area (Å²) in [5.41, 5.74) is 2.26. The quantitative estimate of drug-likeness (QED) is 0.455. The minimum absolute atomic E-state index is 0.0951. The van der Waals surface area contributed by atoms with Gasteiger partial charge in [-0.3, -0.25) is 9.59 Å². The standard InChI is InChI=1S/C29H36N2O6/c1-18(2)15-25(33)31(13-11-19-7-6-8-20(16-19)36-3)23-17-22(29(35)30-12-14-32)26-21-9-4-5-10-24(21)37-28(26)27(23)34/h4-10,16-18,23,26-28,32,34H,11-15H2,1-3H3,(H,30,35)/t23-,26+,27+,28+/m1/s1. The summed E-state index contributed by atoms with van der Waals surface area (Å²) < 4.78 is 11.5. The van der Waals surface area contributed by atoms with Crippen LogP contribution < -0.4 is 14.8 Å². The zero-order valence-corrected chi connectivity index (χ0v) is 21.6. The third-order valence-corrected chi connectivity index (χ3v) is 6.92. The van der Waals surface area contributed by atoms with Crippen molar-refractivity contribution in [3.63, 3.8) is 0 Å². The van der Waals surface area contributed by atoms with Crippen LogP contribution in [-0.4, -0.2) is 72.0 Å². The van der Waals surface area contributed by atoms with E-state index in [1.807, 2.05) is 62.4 Å². The van der Waals surface area contributed by atoms with Gasteiger partial charge in [-0.15, -0.1) is 0 Å². The van der Waals surface area contributed by atoms with Crippen LogP contribution in [0.1, 0.15) is 37.3 Å². The lowest BCUT2D eigenvalue weighted by molar-refractivity contribution is -0.137. The number of nitrogens with zero attached hydrogens (tertiary/aromatic N) is 1. The first kappa shape index (κ1) is 26.7. The zero-order chi connectivity index (χ0) is 26.5. The van der Waals surface area contributed by atoms with Crippen molar-refractivity contribution in [1.29, 1.82) is 0 Å². The highest BCUT2D eigenvalue weighted by molar-refractivity contribution is 5.96. The Morgan fingerprint density at radius 3 is 2.68 bits per heavy atom. The number of ether oxygens (including phenoxy) is 2. The SMILES string of the molecule is COc1cccc(CCN(C(=O)CC(C)C)[C@@H]2C=C(C(=O)NCCO)[C@@H]3c4ccccc4O[C@@H]3[C@H]2O)c1. The summed E-state index contributed by atoms with van der Waals surface area (Å²) in [6.07, 6.45) is 0.838. The summed E-state index contributed by atoms with van der Waals surface area (Å²) >= 11 is 0. The largest absolute Gasteiger partial charge is 0.497 e. The Morgan fingerprint density at radius 1 is 1.16 bits per heavy atom. The van der Waals surface area contributed by atoms with Crippen molar-refractivity contribution in [2.24, 2.45) is 5.92 Å². The van der Waals surface area contributed by atoms with Crippen molar-refractivity contribution >= 4 is 11.8 Å². The van der Waals surface area contributed by atoms with Crippen LogP contribution in [-0.2, 0) is 16.0 Å². The molecule has 0 saturated carbocycles. The van der Waals surface area contributed by atoms with E-state index in [-0.39, 0.29) is 30.9 Å². The molecule has 2 aromatic carbocycles. The molecule has 8 heteroatoms. The molecule has 0 saturated heterocycles. The van der Waals surface area contributed by atoms with Gasteiger partial charge in [-0.2, -0.15) is 0 Å². The number of aliphatic hydroxyl groups is 2. The molecule has 1 aliphatic heterocycles. The molecule has 0 fully saturated rings. The zero-order valence-electron chi connectivity index (χ0n) is 21.6. The number of benzene rings is 2. The Hall–Kier alpha value is -3.36. The van der Waals surface area contributed by atoms with Gasteiger partial charge in [-0.1, -0.05) is 44.2 Å². The van der Waals surface area contributed by atoms with E-state index in [1.165, 1.54) is 0 Å². The van der Waals surface area contributed by atoms with Gasteiger partial charge in [0.1, 0.15) is 23.7 Å². The van der Waals surface area contributed by atoms with E-state index in [4.69, 9.17) is 9.47 Å². The van der Waals surface area contributed by atoms with Gasteiger partial charge in [0.25, 0.3) is 0 Å². The lowest BCUT2D eigenvalue weighted by Gasteiger charge is -2.41. The molecule has 198 valence electrons. The van der Waals surface area contributed by atoms with Crippen LogP contribution in [0.2, 0.25) is 0 Å². The van der Waals surface area contributed by atoms with Gasteiger partial charge in [0.15, 0.2) is 0 Å². The molecular formula is C29H36N2O6. The molecule has 2 amide bonds. The second-order valence-electron chi connectivity index (χ2n) is 9.97. The molecule has 1 aliphatic carbocycles. The highest BCUT2D eigenvalue weighted by Gasteiger charge is 2.50. The number of para-hydroxylation sites is 1. The predicted molar refractivity (Wildman–Crippen MR) is 139 cm³/mol. The summed E-state index contributed by atoms with van der Waals surface area (Å²) in [7, 11) is 1.61. The first-order chi connectivity index (χ1) is 17.8. The third kappa shape index (κ3) is 5.81. The van der Waals surface area contributed by atoms with Crippen molar-refractivity contribution in [3.05, 3.63) is 71.3 Å². The van der Waals surface area contributed by atoms with Gasteiger partial charge < -0.3 is 29.9 Å². The fourth-order valence-corrected chi connectivity index (χ4v) is 5.18. The van der Waals surface area contributed by atoms with Crippen LogP contribution in [0.3, 0.4) is 0 Å². The van der Waals surface area contributed by atoms with Gasteiger partial charge in [0.2, 0.25) is 11.8 Å². The van der Waals surface area contributed by atoms with Gasteiger partial charge in [-0.25, -0.2) is 0 Å². The predicted octanol–water partition coefficient (Wildman–Crippen LogP) is 2.44. The molecule has 4 atom stereocenters. The van der Waals surface area contributed by atoms with Crippen LogP contribution in [0.5, 0.6) is 11.5 Å². The van der Waals surface area contributed by atoms with E-state index in [0.29, 0.717) is 30.7 Å².